The first-order valence-electron chi connectivity index (χ1n) is 11.7. The number of hydrogen-bond donors (Lipinski definition) is 2. The van der Waals surface area contributed by atoms with E-state index in [0.29, 0.717) is 22.3 Å². The van der Waals surface area contributed by atoms with E-state index in [0.717, 1.165) is 10.2 Å². The first kappa shape index (κ1) is 24.9. The zero-order valence-corrected chi connectivity index (χ0v) is 20.9. The second-order valence-corrected chi connectivity index (χ2v) is 9.77. The molecule has 192 valence electrons. The van der Waals surface area contributed by atoms with Gasteiger partial charge in [-0.25, -0.2) is 14.1 Å². The Morgan fingerprint density at radius 3 is 2.61 bits per heavy atom. The SMILES string of the molecule is CC(C)(C)c1cc(F)c2c(=O)n(-c3nccc(-n4cc(C(N)=O)c(-c5cccnc5)n4)c3CO)ncc2c1. The van der Waals surface area contributed by atoms with Crippen LogP contribution in [0.5, 0.6) is 0 Å². The van der Waals surface area contributed by atoms with Crippen molar-refractivity contribution in [2.45, 2.75) is 32.8 Å². The van der Waals surface area contributed by atoms with Crippen LogP contribution >= 0.6 is 0 Å². The maximum Gasteiger partial charge on any atom is 0.283 e. The topological polar surface area (TPSA) is 142 Å². The molecule has 4 heterocycles. The number of rotatable bonds is 5. The Morgan fingerprint density at radius 1 is 1.16 bits per heavy atom. The molecule has 0 bridgehead atoms. The van der Waals surface area contributed by atoms with E-state index in [-0.39, 0.29) is 27.7 Å². The van der Waals surface area contributed by atoms with E-state index in [1.807, 2.05) is 20.8 Å². The van der Waals surface area contributed by atoms with Crippen molar-refractivity contribution in [2.24, 2.45) is 5.73 Å². The quantitative estimate of drug-likeness (QED) is 0.368. The van der Waals surface area contributed by atoms with Crippen molar-refractivity contribution in [3.8, 4) is 22.8 Å². The first-order chi connectivity index (χ1) is 18.1. The van der Waals surface area contributed by atoms with Crippen LogP contribution in [0.2, 0.25) is 0 Å². The Labute approximate surface area is 216 Å². The van der Waals surface area contributed by atoms with Gasteiger partial charge in [0.15, 0.2) is 5.82 Å². The summed E-state index contributed by atoms with van der Waals surface area (Å²) in [5.41, 5.74) is 6.78. The summed E-state index contributed by atoms with van der Waals surface area (Å²) in [6, 6.07) is 8.07. The van der Waals surface area contributed by atoms with Gasteiger partial charge in [0.2, 0.25) is 0 Å². The average Bonchev–Trinajstić information content (AvgIpc) is 3.34. The molecule has 5 aromatic rings. The minimum Gasteiger partial charge on any atom is -0.391 e. The lowest BCUT2D eigenvalue weighted by atomic mass is 9.86. The summed E-state index contributed by atoms with van der Waals surface area (Å²) < 4.78 is 17.5. The fourth-order valence-corrected chi connectivity index (χ4v) is 4.23. The summed E-state index contributed by atoms with van der Waals surface area (Å²) in [5, 5.41) is 19.3. The number of pyridine rings is 2. The highest BCUT2D eigenvalue weighted by Gasteiger charge is 2.23. The van der Waals surface area contributed by atoms with E-state index in [1.54, 1.807) is 36.7 Å². The number of aliphatic hydroxyl groups excluding tert-OH is 1. The predicted octanol–water partition coefficient (Wildman–Crippen LogP) is 3.06. The van der Waals surface area contributed by atoms with E-state index in [9.17, 15) is 14.7 Å². The summed E-state index contributed by atoms with van der Waals surface area (Å²) in [4.78, 5) is 33.9. The van der Waals surface area contributed by atoms with E-state index in [1.165, 1.54) is 29.3 Å². The lowest BCUT2D eigenvalue weighted by Crippen LogP contribution is -2.25. The monoisotopic (exact) mass is 513 g/mol. The van der Waals surface area contributed by atoms with Gasteiger partial charge in [-0.05, 0) is 41.3 Å². The molecule has 4 aromatic heterocycles. The molecule has 1 amide bonds. The van der Waals surface area contributed by atoms with E-state index in [4.69, 9.17) is 5.73 Å². The maximum absolute atomic E-state index is 15.2. The van der Waals surface area contributed by atoms with Gasteiger partial charge in [0.05, 0.1) is 29.4 Å². The maximum atomic E-state index is 15.2. The molecule has 10 nitrogen and oxygen atoms in total. The van der Waals surface area contributed by atoms with Gasteiger partial charge < -0.3 is 10.8 Å². The van der Waals surface area contributed by atoms with Crippen LogP contribution in [-0.4, -0.2) is 40.5 Å². The summed E-state index contributed by atoms with van der Waals surface area (Å²) in [5.74, 6) is -1.38. The highest BCUT2D eigenvalue weighted by Crippen LogP contribution is 2.28. The Balaban J connectivity index is 1.70. The van der Waals surface area contributed by atoms with Crippen molar-refractivity contribution in [2.75, 3.05) is 0 Å². The number of carbonyl (C=O) groups excluding carboxylic acids is 1. The molecule has 0 radical (unpaired) electrons. The van der Waals surface area contributed by atoms with Crippen molar-refractivity contribution in [1.29, 1.82) is 0 Å². The van der Waals surface area contributed by atoms with Crippen molar-refractivity contribution >= 4 is 16.7 Å². The van der Waals surface area contributed by atoms with Crippen LogP contribution in [-0.2, 0) is 12.0 Å². The highest BCUT2D eigenvalue weighted by atomic mass is 19.1. The van der Waals surface area contributed by atoms with Crippen LogP contribution < -0.4 is 11.3 Å². The van der Waals surface area contributed by atoms with Crippen molar-refractivity contribution in [1.82, 2.24) is 29.5 Å². The van der Waals surface area contributed by atoms with Gasteiger partial charge in [0.1, 0.15) is 11.5 Å². The smallest absolute Gasteiger partial charge is 0.283 e. The van der Waals surface area contributed by atoms with Gasteiger partial charge in [0, 0.05) is 41.3 Å². The third-order valence-corrected chi connectivity index (χ3v) is 6.23. The summed E-state index contributed by atoms with van der Waals surface area (Å²) in [6.45, 7) is 5.29. The molecule has 0 aliphatic rings. The fourth-order valence-electron chi connectivity index (χ4n) is 4.23. The average molecular weight is 514 g/mol. The molecular formula is C27H24FN7O3. The predicted molar refractivity (Wildman–Crippen MR) is 139 cm³/mol. The molecule has 0 aliphatic carbocycles. The van der Waals surface area contributed by atoms with Gasteiger partial charge in [-0.15, -0.1) is 0 Å². The Kier molecular flexibility index (Phi) is 6.08. The number of primary amides is 1. The number of nitrogens with zero attached hydrogens (tertiary/aromatic N) is 6. The fraction of sp³-hybridized carbons (Fsp3) is 0.185. The highest BCUT2D eigenvalue weighted by molar-refractivity contribution is 5.98. The number of benzene rings is 1. The molecule has 1 aromatic carbocycles. The third-order valence-electron chi connectivity index (χ3n) is 6.23. The molecule has 0 fully saturated rings. The van der Waals surface area contributed by atoms with E-state index < -0.39 is 23.9 Å². The number of carbonyl (C=O) groups is 1. The minimum absolute atomic E-state index is 0.00440. The number of hydrogen-bond acceptors (Lipinski definition) is 7. The number of aromatic nitrogens is 6. The summed E-state index contributed by atoms with van der Waals surface area (Å²) in [6.07, 6.45) is 7.35. The van der Waals surface area contributed by atoms with Crippen LogP contribution in [0.15, 0.2) is 66.1 Å². The van der Waals surface area contributed by atoms with Gasteiger partial charge >= 0.3 is 0 Å². The second-order valence-electron chi connectivity index (χ2n) is 9.77. The number of aliphatic hydroxyl groups is 1. The summed E-state index contributed by atoms with van der Waals surface area (Å²) in [7, 11) is 0. The number of fused-ring (bicyclic) bond motifs is 1. The lowest BCUT2D eigenvalue weighted by molar-refractivity contribution is 0.100. The van der Waals surface area contributed by atoms with Crippen molar-refractivity contribution in [3.63, 3.8) is 0 Å². The van der Waals surface area contributed by atoms with E-state index >= 15 is 4.39 Å². The largest absolute Gasteiger partial charge is 0.391 e. The molecule has 38 heavy (non-hydrogen) atoms. The van der Waals surface area contributed by atoms with Crippen LogP contribution in [0.4, 0.5) is 4.39 Å². The minimum atomic E-state index is -0.728. The van der Waals surface area contributed by atoms with Gasteiger partial charge in [0.25, 0.3) is 11.5 Å². The zero-order chi connectivity index (χ0) is 27.2. The molecule has 0 saturated heterocycles. The molecule has 0 unspecified atom stereocenters. The van der Waals surface area contributed by atoms with Crippen LogP contribution in [0.1, 0.15) is 42.3 Å². The Hall–Kier alpha value is -4.77. The van der Waals surface area contributed by atoms with Gasteiger partial charge in [-0.2, -0.15) is 14.9 Å². The standard InChI is InChI=1S/C27H24FN7O3/c1-27(2,3)17-9-16-12-32-35(26(38)22(16)20(28)10-17)25-19(14-36)21(6-8-31-25)34-13-18(24(29)37)23(33-34)15-5-4-7-30-11-15/h4-13,36H,14H2,1-3H3,(H2,29,37). The normalized spacial score (nSPS) is 11.7. The molecule has 0 aliphatic heterocycles. The van der Waals surface area contributed by atoms with Gasteiger partial charge in [-0.3, -0.25) is 14.6 Å². The van der Waals surface area contributed by atoms with Gasteiger partial charge in [-0.1, -0.05) is 20.8 Å². The molecule has 0 spiro atoms. The van der Waals surface area contributed by atoms with Crippen LogP contribution in [0.3, 0.4) is 0 Å². The molecule has 5 rings (SSSR count). The molecule has 11 heteroatoms. The Bertz CT molecular complexity index is 1760. The zero-order valence-electron chi connectivity index (χ0n) is 20.9. The second kappa shape index (κ2) is 9.27. The molecule has 0 saturated carbocycles. The van der Waals surface area contributed by atoms with Crippen LogP contribution in [0, 0.1) is 5.82 Å². The first-order valence-corrected chi connectivity index (χ1v) is 11.7. The third kappa shape index (κ3) is 4.22. The molecule has 0 atom stereocenters. The lowest BCUT2D eigenvalue weighted by Gasteiger charge is -2.20. The van der Waals surface area contributed by atoms with Crippen molar-refractivity contribution in [3.05, 3.63) is 94.2 Å². The van der Waals surface area contributed by atoms with Crippen LogP contribution in [0.25, 0.3) is 33.5 Å². The number of halogens is 1. The van der Waals surface area contributed by atoms with E-state index in [2.05, 4.69) is 20.2 Å². The number of nitrogens with two attached hydrogens (primary N) is 1. The Morgan fingerprint density at radius 2 is 1.95 bits per heavy atom. The molecular weight excluding hydrogens is 489 g/mol. The van der Waals surface area contributed by atoms with Crippen molar-refractivity contribution < 1.29 is 14.3 Å². The number of amides is 1. The molecule has 3 N–H and O–H groups in total. The summed E-state index contributed by atoms with van der Waals surface area (Å²) >= 11 is 0.